The highest BCUT2D eigenvalue weighted by atomic mass is 31.0. The number of hydrogen-bond acceptors (Lipinski definition) is 6. The molecule has 4 heterocycles. The van der Waals surface area contributed by atoms with Gasteiger partial charge in [-0.15, -0.1) is 9.24 Å². The van der Waals surface area contributed by atoms with Crippen molar-refractivity contribution >= 4 is 37.0 Å². The van der Waals surface area contributed by atoms with Crippen LogP contribution in [-0.2, 0) is 18.4 Å². The Bertz CT molecular complexity index is 1530. The third-order valence-corrected chi connectivity index (χ3v) is 6.79. The summed E-state index contributed by atoms with van der Waals surface area (Å²) < 4.78 is 1.69. The first-order chi connectivity index (χ1) is 16.4. The number of anilines is 1. The maximum Gasteiger partial charge on any atom is 0.228 e. The van der Waals surface area contributed by atoms with E-state index in [-0.39, 0.29) is 6.04 Å². The summed E-state index contributed by atoms with van der Waals surface area (Å²) in [7, 11) is 2.66. The van der Waals surface area contributed by atoms with E-state index in [1.807, 2.05) is 6.07 Å². The van der Waals surface area contributed by atoms with Gasteiger partial charge < -0.3 is 15.4 Å². The molecule has 0 fully saturated rings. The smallest absolute Gasteiger partial charge is 0.228 e. The van der Waals surface area contributed by atoms with Crippen molar-refractivity contribution in [1.82, 2.24) is 29.5 Å². The van der Waals surface area contributed by atoms with Crippen LogP contribution < -0.4 is 10.6 Å². The third kappa shape index (κ3) is 3.63. The molecule has 1 aromatic carbocycles. The van der Waals surface area contributed by atoms with Gasteiger partial charge in [0.1, 0.15) is 0 Å². The van der Waals surface area contributed by atoms with E-state index in [4.69, 9.17) is 9.97 Å². The van der Waals surface area contributed by atoms with E-state index in [0.717, 1.165) is 30.1 Å². The number of pyridine rings is 1. The van der Waals surface area contributed by atoms with Crippen molar-refractivity contribution in [2.75, 3.05) is 5.32 Å². The van der Waals surface area contributed by atoms with Crippen LogP contribution in [0.2, 0.25) is 0 Å². The number of aryl methyl sites for hydroxylation is 1. The van der Waals surface area contributed by atoms with Crippen molar-refractivity contribution in [2.24, 2.45) is 0 Å². The van der Waals surface area contributed by atoms with Crippen molar-refractivity contribution in [1.29, 1.82) is 0 Å². The van der Waals surface area contributed by atoms with Crippen LogP contribution in [-0.4, -0.2) is 40.7 Å². The minimum atomic E-state index is -1.09. The van der Waals surface area contributed by atoms with Crippen LogP contribution in [0.1, 0.15) is 37.1 Å². The lowest BCUT2D eigenvalue weighted by Gasteiger charge is -2.24. The van der Waals surface area contributed by atoms with E-state index in [0.29, 0.717) is 23.0 Å². The summed E-state index contributed by atoms with van der Waals surface area (Å²) in [5.74, 6) is 1.15. The molecule has 0 amide bonds. The second kappa shape index (κ2) is 7.86. The van der Waals surface area contributed by atoms with Crippen molar-refractivity contribution in [3.8, 4) is 11.4 Å². The molecule has 5 aromatic rings. The monoisotopic (exact) mass is 471 g/mol. The third-order valence-electron chi connectivity index (χ3n) is 6.47. The van der Waals surface area contributed by atoms with Crippen LogP contribution >= 0.6 is 9.24 Å². The Balaban J connectivity index is 1.43. The lowest BCUT2D eigenvalue weighted by Crippen LogP contribution is -2.29. The minimum Gasteiger partial charge on any atom is -0.386 e. The molecule has 1 aliphatic carbocycles. The molecular formula is C25H26N7OP. The molecule has 6 rings (SSSR count). The topological polar surface area (TPSA) is 104 Å². The van der Waals surface area contributed by atoms with E-state index in [2.05, 4.69) is 53.9 Å². The van der Waals surface area contributed by atoms with Crippen molar-refractivity contribution < 1.29 is 5.11 Å². The summed E-state index contributed by atoms with van der Waals surface area (Å²) in [6, 6.07) is 10.6. The van der Waals surface area contributed by atoms with Gasteiger partial charge in [0.15, 0.2) is 11.5 Å². The van der Waals surface area contributed by atoms with Crippen LogP contribution in [0, 0.1) is 0 Å². The lowest BCUT2D eigenvalue weighted by atomic mass is 9.91. The maximum atomic E-state index is 10.7. The maximum absolute atomic E-state index is 10.7. The number of para-hydroxylation sites is 1. The SMILES string of the molecule is CC(C)(O)c1cnn2c(N[C@@H]3CCc4[nH]c5ccccc5c4C3)nc(-c3cncc(P)c3)nc12. The normalized spacial score (nSPS) is 16.2. The Kier molecular flexibility index (Phi) is 4.90. The first kappa shape index (κ1) is 21.2. The van der Waals surface area contributed by atoms with E-state index < -0.39 is 5.60 Å². The van der Waals surface area contributed by atoms with E-state index in [1.165, 1.54) is 22.2 Å². The van der Waals surface area contributed by atoms with Crippen LogP contribution in [0.3, 0.4) is 0 Å². The molecule has 0 saturated carbocycles. The largest absolute Gasteiger partial charge is 0.386 e. The lowest BCUT2D eigenvalue weighted by molar-refractivity contribution is 0.0799. The molecule has 3 N–H and O–H groups in total. The number of rotatable bonds is 4. The van der Waals surface area contributed by atoms with Crippen molar-refractivity contribution in [3.05, 3.63) is 65.7 Å². The van der Waals surface area contributed by atoms with Gasteiger partial charge in [-0.3, -0.25) is 4.98 Å². The predicted molar refractivity (Wildman–Crippen MR) is 136 cm³/mol. The molecule has 34 heavy (non-hydrogen) atoms. The summed E-state index contributed by atoms with van der Waals surface area (Å²) in [5, 5.41) is 21.1. The Morgan fingerprint density at radius 1 is 1.18 bits per heavy atom. The zero-order valence-corrected chi connectivity index (χ0v) is 20.2. The van der Waals surface area contributed by atoms with Gasteiger partial charge in [0.2, 0.25) is 5.95 Å². The molecule has 9 heteroatoms. The molecule has 1 unspecified atom stereocenters. The van der Waals surface area contributed by atoms with Gasteiger partial charge in [-0.05, 0) is 56.1 Å². The van der Waals surface area contributed by atoms with Crippen molar-refractivity contribution in [3.63, 3.8) is 0 Å². The van der Waals surface area contributed by atoms with Gasteiger partial charge in [0.25, 0.3) is 0 Å². The predicted octanol–water partition coefficient (Wildman–Crippen LogP) is 3.36. The molecular weight excluding hydrogens is 445 g/mol. The standard InChI is InChI=1S/C25H26N7OP/c1-25(2,33)19-13-27-32-23(19)30-22(14-9-16(34)12-26-11-14)31-24(32)28-15-7-8-21-18(10-15)17-5-3-4-6-20(17)29-21/h3-6,9,11-13,15,29,33H,7-8,10,34H2,1-2H3,(H,28,30,31)/t15-/m1/s1. The summed E-state index contributed by atoms with van der Waals surface area (Å²) >= 11 is 0. The van der Waals surface area contributed by atoms with Gasteiger partial charge in [0, 0.05) is 46.2 Å². The fourth-order valence-electron chi connectivity index (χ4n) is 4.79. The molecule has 4 aromatic heterocycles. The number of hydrogen-bond donors (Lipinski definition) is 3. The molecule has 0 radical (unpaired) electrons. The highest BCUT2D eigenvalue weighted by Crippen LogP contribution is 2.31. The highest BCUT2D eigenvalue weighted by Gasteiger charge is 2.27. The number of aromatic nitrogens is 6. The van der Waals surface area contributed by atoms with E-state index in [9.17, 15) is 5.11 Å². The Morgan fingerprint density at radius 2 is 2.03 bits per heavy atom. The fourth-order valence-corrected chi connectivity index (χ4v) is 5.05. The van der Waals surface area contributed by atoms with Crippen LogP contribution in [0.5, 0.6) is 0 Å². The van der Waals surface area contributed by atoms with Crippen LogP contribution in [0.25, 0.3) is 27.9 Å². The minimum absolute atomic E-state index is 0.193. The number of nitrogens with zero attached hydrogens (tertiary/aromatic N) is 5. The van der Waals surface area contributed by atoms with Crippen LogP contribution in [0.15, 0.2) is 48.9 Å². The molecule has 1 aliphatic rings. The number of aliphatic hydroxyl groups is 1. The number of fused-ring (bicyclic) bond motifs is 4. The highest BCUT2D eigenvalue weighted by molar-refractivity contribution is 7.27. The van der Waals surface area contributed by atoms with E-state index >= 15 is 0 Å². The summed E-state index contributed by atoms with van der Waals surface area (Å²) in [4.78, 5) is 17.5. The average Bonchev–Trinajstić information content (AvgIpc) is 3.41. The second-order valence-electron chi connectivity index (χ2n) is 9.44. The molecule has 0 spiro atoms. The first-order valence-corrected chi connectivity index (χ1v) is 12.0. The Morgan fingerprint density at radius 3 is 2.85 bits per heavy atom. The van der Waals surface area contributed by atoms with Gasteiger partial charge in [-0.1, -0.05) is 18.2 Å². The van der Waals surface area contributed by atoms with E-state index in [1.54, 1.807) is 37.0 Å². The summed E-state index contributed by atoms with van der Waals surface area (Å²) in [6.07, 6.45) is 8.03. The zero-order valence-electron chi connectivity index (χ0n) is 19.1. The van der Waals surface area contributed by atoms with Crippen molar-refractivity contribution in [2.45, 2.75) is 44.8 Å². The van der Waals surface area contributed by atoms with Gasteiger partial charge >= 0.3 is 0 Å². The number of benzene rings is 1. The van der Waals surface area contributed by atoms with Gasteiger partial charge in [0.05, 0.1) is 11.8 Å². The van der Waals surface area contributed by atoms with Crippen LogP contribution in [0.4, 0.5) is 5.95 Å². The molecule has 172 valence electrons. The average molecular weight is 472 g/mol. The molecule has 0 aliphatic heterocycles. The Labute approximate surface area is 199 Å². The van der Waals surface area contributed by atoms with Gasteiger partial charge in [-0.2, -0.15) is 14.6 Å². The molecule has 8 nitrogen and oxygen atoms in total. The quantitative estimate of drug-likeness (QED) is 0.347. The molecule has 0 saturated heterocycles. The second-order valence-corrected chi connectivity index (χ2v) is 10.1. The molecule has 2 atom stereocenters. The fraction of sp³-hybridized carbons (Fsp3) is 0.280. The zero-order chi connectivity index (χ0) is 23.4. The Hall–Kier alpha value is -3.35. The van der Waals surface area contributed by atoms with Gasteiger partial charge in [-0.25, -0.2) is 4.98 Å². The summed E-state index contributed by atoms with van der Waals surface area (Å²) in [5.41, 5.74) is 4.82. The first-order valence-electron chi connectivity index (χ1n) is 11.4. The summed E-state index contributed by atoms with van der Waals surface area (Å²) in [6.45, 7) is 3.48. The number of nitrogens with one attached hydrogen (secondary N) is 2. The number of aromatic amines is 1. The number of H-pyrrole nitrogens is 1. The molecule has 0 bridgehead atoms.